The van der Waals surface area contributed by atoms with Crippen LogP contribution in [0.4, 0.5) is 5.69 Å². The summed E-state index contributed by atoms with van der Waals surface area (Å²) in [6, 6.07) is 12.3. The van der Waals surface area contributed by atoms with E-state index in [0.29, 0.717) is 12.1 Å². The Morgan fingerprint density at radius 1 is 1.00 bits per heavy atom. The Balaban J connectivity index is 1.94. The Bertz CT molecular complexity index is 1040. The second-order valence-electron chi connectivity index (χ2n) is 6.96. The van der Waals surface area contributed by atoms with Crippen LogP contribution in [0.2, 0.25) is 0 Å². The third-order valence-corrected chi connectivity index (χ3v) is 5.84. The largest absolute Gasteiger partial charge is 0.324 e. The second kappa shape index (κ2) is 8.16. The van der Waals surface area contributed by atoms with E-state index in [1.165, 1.54) is 12.1 Å². The van der Waals surface area contributed by atoms with Crippen molar-refractivity contribution in [2.45, 2.75) is 25.8 Å². The van der Waals surface area contributed by atoms with E-state index in [4.69, 9.17) is 0 Å². The van der Waals surface area contributed by atoms with Gasteiger partial charge in [0.15, 0.2) is 0 Å². The van der Waals surface area contributed by atoms with Gasteiger partial charge in [0, 0.05) is 11.9 Å². The molecule has 0 bridgehead atoms. The topological polar surface area (TPSA) is 101 Å². The maximum absolute atomic E-state index is 13.1. The molecule has 2 aromatic carbocycles. The van der Waals surface area contributed by atoms with Gasteiger partial charge in [-0.05, 0) is 36.6 Å². The number of benzene rings is 2. The van der Waals surface area contributed by atoms with Crippen molar-refractivity contribution in [3.8, 4) is 0 Å². The highest BCUT2D eigenvalue weighted by atomic mass is 32.2. The number of amides is 3. The van der Waals surface area contributed by atoms with Gasteiger partial charge in [0.05, 0.1) is 16.9 Å². The normalized spacial score (nSPS) is 14.6. The van der Waals surface area contributed by atoms with Crippen LogP contribution in [-0.2, 0) is 21.1 Å². The summed E-state index contributed by atoms with van der Waals surface area (Å²) in [6.07, 6.45) is 1.55. The van der Waals surface area contributed by atoms with Crippen LogP contribution in [0.5, 0.6) is 0 Å². The van der Waals surface area contributed by atoms with E-state index >= 15 is 0 Å². The van der Waals surface area contributed by atoms with E-state index in [9.17, 15) is 22.8 Å². The number of imide groups is 1. The predicted octanol–water partition coefficient (Wildman–Crippen LogP) is 2.29. The number of aryl methyl sites for hydroxylation is 1. The van der Waals surface area contributed by atoms with Gasteiger partial charge < -0.3 is 5.32 Å². The van der Waals surface area contributed by atoms with Crippen molar-refractivity contribution in [2.75, 3.05) is 17.3 Å². The number of carbonyl (C=O) groups is 3. The quantitative estimate of drug-likeness (QED) is 0.701. The monoisotopic (exact) mass is 414 g/mol. The van der Waals surface area contributed by atoms with Gasteiger partial charge in [-0.25, -0.2) is 8.42 Å². The average molecular weight is 414 g/mol. The number of anilines is 1. The summed E-state index contributed by atoms with van der Waals surface area (Å²) in [4.78, 5) is 39.6. The minimum atomic E-state index is -3.40. The Hall–Kier alpha value is -3.00. The SMILES string of the molecule is CCc1ccccc1NC(=O)C(CCS(C)(=O)=O)N1C(=O)c2ccccc2C1=O. The van der Waals surface area contributed by atoms with Crippen molar-refractivity contribution in [1.29, 1.82) is 0 Å². The minimum Gasteiger partial charge on any atom is -0.324 e. The summed E-state index contributed by atoms with van der Waals surface area (Å²) in [6.45, 7) is 1.94. The fourth-order valence-corrected chi connectivity index (χ4v) is 4.01. The first kappa shape index (κ1) is 20.7. The van der Waals surface area contributed by atoms with E-state index in [1.807, 2.05) is 19.1 Å². The van der Waals surface area contributed by atoms with Gasteiger partial charge in [-0.1, -0.05) is 37.3 Å². The number of nitrogens with zero attached hydrogens (tertiary/aromatic N) is 1. The van der Waals surface area contributed by atoms with Gasteiger partial charge in [0.1, 0.15) is 15.9 Å². The van der Waals surface area contributed by atoms with Crippen molar-refractivity contribution in [3.05, 3.63) is 65.2 Å². The van der Waals surface area contributed by atoms with Crippen molar-refractivity contribution < 1.29 is 22.8 Å². The first-order chi connectivity index (χ1) is 13.7. The lowest BCUT2D eigenvalue weighted by Crippen LogP contribution is -2.48. The van der Waals surface area contributed by atoms with E-state index in [-0.39, 0.29) is 23.3 Å². The van der Waals surface area contributed by atoms with Gasteiger partial charge in [0.25, 0.3) is 11.8 Å². The summed E-state index contributed by atoms with van der Waals surface area (Å²) >= 11 is 0. The Morgan fingerprint density at radius 2 is 1.55 bits per heavy atom. The highest BCUT2D eigenvalue weighted by Crippen LogP contribution is 2.27. The van der Waals surface area contributed by atoms with E-state index in [0.717, 1.165) is 16.7 Å². The van der Waals surface area contributed by atoms with E-state index < -0.39 is 33.6 Å². The molecule has 0 aliphatic carbocycles. The molecule has 7 nitrogen and oxygen atoms in total. The van der Waals surface area contributed by atoms with Crippen LogP contribution >= 0.6 is 0 Å². The average Bonchev–Trinajstić information content (AvgIpc) is 2.93. The first-order valence-corrected chi connectivity index (χ1v) is 11.3. The van der Waals surface area contributed by atoms with E-state index in [2.05, 4.69) is 5.32 Å². The smallest absolute Gasteiger partial charge is 0.262 e. The van der Waals surface area contributed by atoms with Gasteiger partial charge in [-0.2, -0.15) is 0 Å². The molecule has 0 saturated carbocycles. The van der Waals surface area contributed by atoms with Gasteiger partial charge in [0.2, 0.25) is 5.91 Å². The van der Waals surface area contributed by atoms with Crippen LogP contribution < -0.4 is 5.32 Å². The third-order valence-electron chi connectivity index (χ3n) is 4.86. The number of fused-ring (bicyclic) bond motifs is 1. The second-order valence-corrected chi connectivity index (χ2v) is 9.22. The molecule has 1 atom stereocenters. The van der Waals surface area contributed by atoms with Crippen LogP contribution in [0.25, 0.3) is 0 Å². The summed E-state index contributed by atoms with van der Waals surface area (Å²) in [5.74, 6) is -2.11. The molecule has 3 rings (SSSR count). The molecular weight excluding hydrogens is 392 g/mol. The van der Waals surface area contributed by atoms with Crippen molar-refractivity contribution in [2.24, 2.45) is 0 Å². The number of carbonyl (C=O) groups excluding carboxylic acids is 3. The number of para-hydroxylation sites is 1. The molecule has 3 amide bonds. The molecule has 0 spiro atoms. The minimum absolute atomic E-state index is 0.176. The molecule has 2 aromatic rings. The van der Waals surface area contributed by atoms with Crippen LogP contribution in [0, 0.1) is 0 Å². The zero-order valence-electron chi connectivity index (χ0n) is 16.2. The molecule has 29 heavy (non-hydrogen) atoms. The first-order valence-electron chi connectivity index (χ1n) is 9.26. The Kier molecular flexibility index (Phi) is 5.83. The summed E-state index contributed by atoms with van der Waals surface area (Å²) in [7, 11) is -3.40. The fourth-order valence-electron chi connectivity index (χ4n) is 3.36. The van der Waals surface area contributed by atoms with E-state index in [1.54, 1.807) is 24.3 Å². The lowest BCUT2D eigenvalue weighted by Gasteiger charge is -2.25. The standard InChI is InChI=1S/C21H22N2O5S/c1-3-14-8-4-7-11-17(14)22-19(24)18(12-13-29(2,27)28)23-20(25)15-9-5-6-10-16(15)21(23)26/h4-11,18H,3,12-13H2,1-2H3,(H,22,24). The van der Waals surface area contributed by atoms with Gasteiger partial charge in [-0.3, -0.25) is 19.3 Å². The summed E-state index contributed by atoms with van der Waals surface area (Å²) in [5.41, 5.74) is 1.89. The summed E-state index contributed by atoms with van der Waals surface area (Å²) < 4.78 is 23.4. The molecule has 1 N–H and O–H groups in total. The summed E-state index contributed by atoms with van der Waals surface area (Å²) in [5, 5.41) is 2.76. The lowest BCUT2D eigenvalue weighted by molar-refractivity contribution is -0.120. The zero-order chi connectivity index (χ0) is 21.2. The zero-order valence-corrected chi connectivity index (χ0v) is 17.0. The van der Waals surface area contributed by atoms with Gasteiger partial charge >= 0.3 is 0 Å². The van der Waals surface area contributed by atoms with Crippen LogP contribution in [-0.4, -0.2) is 49.1 Å². The maximum Gasteiger partial charge on any atom is 0.262 e. The van der Waals surface area contributed by atoms with Crippen molar-refractivity contribution >= 4 is 33.2 Å². The molecule has 0 aromatic heterocycles. The highest BCUT2D eigenvalue weighted by molar-refractivity contribution is 7.90. The van der Waals surface area contributed by atoms with Crippen LogP contribution in [0.15, 0.2) is 48.5 Å². The molecule has 1 aliphatic rings. The van der Waals surface area contributed by atoms with Crippen molar-refractivity contribution in [3.63, 3.8) is 0 Å². The molecule has 1 aliphatic heterocycles. The van der Waals surface area contributed by atoms with Crippen molar-refractivity contribution in [1.82, 2.24) is 4.90 Å². The molecule has 0 fully saturated rings. The molecule has 1 heterocycles. The molecule has 152 valence electrons. The molecular formula is C21H22N2O5S. The Labute approximate surface area is 169 Å². The molecule has 8 heteroatoms. The number of hydrogen-bond acceptors (Lipinski definition) is 5. The predicted molar refractivity (Wildman–Crippen MR) is 110 cm³/mol. The number of hydrogen-bond donors (Lipinski definition) is 1. The Morgan fingerprint density at radius 3 is 2.10 bits per heavy atom. The molecule has 0 radical (unpaired) electrons. The number of nitrogens with one attached hydrogen (secondary N) is 1. The number of rotatable bonds is 7. The fraction of sp³-hybridized carbons (Fsp3) is 0.286. The highest BCUT2D eigenvalue weighted by Gasteiger charge is 2.42. The third kappa shape index (κ3) is 4.37. The van der Waals surface area contributed by atoms with Gasteiger partial charge in [-0.15, -0.1) is 0 Å². The van der Waals surface area contributed by atoms with Crippen LogP contribution in [0.1, 0.15) is 39.6 Å². The lowest BCUT2D eigenvalue weighted by atomic mass is 10.1. The van der Waals surface area contributed by atoms with Crippen LogP contribution in [0.3, 0.4) is 0 Å². The molecule has 0 saturated heterocycles. The maximum atomic E-state index is 13.1. The number of sulfone groups is 1. The molecule has 1 unspecified atom stereocenters.